The highest BCUT2D eigenvalue weighted by molar-refractivity contribution is 8.04. The van der Waals surface area contributed by atoms with E-state index in [2.05, 4.69) is 10.1 Å². The smallest absolute Gasteiger partial charge is 0.355 e. The molecule has 0 spiro atoms. The van der Waals surface area contributed by atoms with Crippen LogP contribution in [0, 0.1) is 0 Å². The van der Waals surface area contributed by atoms with Crippen LogP contribution in [0.3, 0.4) is 0 Å². The molecule has 2 heterocycles. The maximum absolute atomic E-state index is 12.5. The van der Waals surface area contributed by atoms with E-state index in [0.717, 1.165) is 18.0 Å². The normalized spacial score (nSPS) is 24.0. The van der Waals surface area contributed by atoms with Gasteiger partial charge in [0, 0.05) is 11.8 Å². The predicted molar refractivity (Wildman–Crippen MR) is 95.0 cm³/mol. The van der Waals surface area contributed by atoms with Gasteiger partial charge in [-0.05, 0) is 12.5 Å². The number of allylic oxidation sites excluding steroid dienone is 1. The van der Waals surface area contributed by atoms with Crippen LogP contribution in [-0.4, -0.2) is 51.0 Å². The molecule has 2 aliphatic rings. The molecular weight excluding hydrogens is 431 g/mol. The average Bonchev–Trinajstić information content (AvgIpc) is 2.55. The third-order valence-electron chi connectivity index (χ3n) is 3.41. The molecule has 0 bridgehead atoms. The number of nitrogens with one attached hydrogen (secondary N) is 1. The van der Waals surface area contributed by atoms with Gasteiger partial charge in [-0.25, -0.2) is 4.79 Å². The second kappa shape index (κ2) is 8.08. The molecular formula is C14H13Cl3N2O6S. The lowest BCUT2D eigenvalue weighted by Gasteiger charge is -2.49. The van der Waals surface area contributed by atoms with Crippen molar-refractivity contribution in [2.24, 2.45) is 0 Å². The Kier molecular flexibility index (Phi) is 6.49. The predicted octanol–water partition coefficient (Wildman–Crippen LogP) is 1.61. The van der Waals surface area contributed by atoms with E-state index in [1.165, 1.54) is 11.8 Å². The van der Waals surface area contributed by atoms with Gasteiger partial charge in [0.1, 0.15) is 30.0 Å². The van der Waals surface area contributed by atoms with E-state index in [-0.39, 0.29) is 12.2 Å². The molecule has 1 fully saturated rings. The minimum Gasteiger partial charge on any atom is -0.456 e. The first kappa shape index (κ1) is 20.9. The summed E-state index contributed by atoms with van der Waals surface area (Å²) in [7, 11) is 0. The van der Waals surface area contributed by atoms with Crippen LogP contribution in [-0.2, 0) is 28.7 Å². The Labute approximate surface area is 167 Å². The topological polar surface area (TPSA) is 102 Å². The van der Waals surface area contributed by atoms with E-state index >= 15 is 0 Å². The average molecular weight is 444 g/mol. The van der Waals surface area contributed by atoms with Gasteiger partial charge in [-0.2, -0.15) is 0 Å². The van der Waals surface area contributed by atoms with E-state index in [4.69, 9.17) is 39.5 Å². The van der Waals surface area contributed by atoms with Gasteiger partial charge in [0.15, 0.2) is 0 Å². The Morgan fingerprint density at radius 2 is 2.04 bits per heavy atom. The van der Waals surface area contributed by atoms with E-state index in [1.807, 2.05) is 0 Å². The Balaban J connectivity index is 2.34. The maximum Gasteiger partial charge on any atom is 0.355 e. The largest absolute Gasteiger partial charge is 0.456 e. The fraction of sp³-hybridized carbons (Fsp3) is 0.429. The molecule has 0 aromatic rings. The number of thioether (sulfide) groups is 1. The van der Waals surface area contributed by atoms with Crippen molar-refractivity contribution >= 4 is 70.8 Å². The van der Waals surface area contributed by atoms with Crippen LogP contribution in [0.4, 0.5) is 0 Å². The third-order valence-corrected chi connectivity index (χ3v) is 5.11. The summed E-state index contributed by atoms with van der Waals surface area (Å²) in [5.74, 6) is -1.76. The quantitative estimate of drug-likeness (QED) is 0.226. The minimum absolute atomic E-state index is 0.0737. The van der Waals surface area contributed by atoms with E-state index < -0.39 is 39.6 Å². The highest BCUT2D eigenvalue weighted by atomic mass is 35.6. The number of β-lactam (4-membered cyclic amide) rings is 1. The molecule has 0 aromatic carbocycles. The molecule has 0 saturated carbocycles. The summed E-state index contributed by atoms with van der Waals surface area (Å²) >= 11 is 17.9. The number of ether oxygens (including phenoxy) is 2. The monoisotopic (exact) mass is 442 g/mol. The Morgan fingerprint density at radius 1 is 1.38 bits per heavy atom. The number of alkyl halides is 3. The first-order valence-corrected chi connectivity index (χ1v) is 9.09. The first-order valence-electron chi connectivity index (χ1n) is 7.08. The number of nitrogens with zero attached hydrogens (tertiary/aromatic N) is 1. The van der Waals surface area contributed by atoms with Crippen molar-refractivity contribution in [3.05, 3.63) is 22.4 Å². The molecule has 142 valence electrons. The van der Waals surface area contributed by atoms with Crippen molar-refractivity contribution < 1.29 is 28.7 Å². The second-order valence-electron chi connectivity index (χ2n) is 5.27. The van der Waals surface area contributed by atoms with E-state index in [1.54, 1.807) is 6.92 Å². The van der Waals surface area contributed by atoms with Crippen LogP contribution < -0.4 is 5.32 Å². The molecule has 2 aliphatic heterocycles. The van der Waals surface area contributed by atoms with Gasteiger partial charge in [-0.15, -0.1) is 0 Å². The Hall–Kier alpha value is -1.42. The maximum atomic E-state index is 12.5. The van der Waals surface area contributed by atoms with Crippen LogP contribution in [0.5, 0.6) is 0 Å². The summed E-state index contributed by atoms with van der Waals surface area (Å²) in [6.45, 7) is 2.51. The van der Waals surface area contributed by atoms with Crippen molar-refractivity contribution in [3.8, 4) is 0 Å². The summed E-state index contributed by atoms with van der Waals surface area (Å²) in [4.78, 5) is 48.2. The van der Waals surface area contributed by atoms with Gasteiger partial charge in [0.25, 0.3) is 12.4 Å². The number of amides is 2. The molecule has 2 atom stereocenters. The highest BCUT2D eigenvalue weighted by Crippen LogP contribution is 2.46. The zero-order valence-corrected chi connectivity index (χ0v) is 16.5. The number of esters is 1. The summed E-state index contributed by atoms with van der Waals surface area (Å²) in [5.41, 5.74) is 0.271. The van der Waals surface area contributed by atoms with Gasteiger partial charge in [0.2, 0.25) is 9.70 Å². The first-order chi connectivity index (χ1) is 12.1. The number of halogens is 3. The van der Waals surface area contributed by atoms with Crippen LogP contribution >= 0.6 is 46.6 Å². The molecule has 0 radical (unpaired) electrons. The number of carbonyl (C=O) groups excluding carboxylic acids is 4. The lowest BCUT2D eigenvalue weighted by Crippen LogP contribution is -2.70. The number of rotatable bonds is 5. The van der Waals surface area contributed by atoms with E-state index in [9.17, 15) is 19.2 Å². The Bertz CT molecular complexity index is 718. The number of hydrogen-bond donors (Lipinski definition) is 1. The van der Waals surface area contributed by atoms with Crippen molar-refractivity contribution in [2.75, 3.05) is 6.61 Å². The van der Waals surface area contributed by atoms with Gasteiger partial charge >= 0.3 is 5.97 Å². The van der Waals surface area contributed by atoms with Crippen molar-refractivity contribution in [2.45, 2.75) is 29.1 Å². The lowest BCUT2D eigenvalue weighted by atomic mass is 10.0. The molecule has 12 heteroatoms. The third kappa shape index (κ3) is 4.46. The molecule has 1 N–H and O–H groups in total. The van der Waals surface area contributed by atoms with Gasteiger partial charge < -0.3 is 14.8 Å². The molecule has 0 aromatic heterocycles. The summed E-state index contributed by atoms with van der Waals surface area (Å²) < 4.78 is 7.78. The molecule has 26 heavy (non-hydrogen) atoms. The van der Waals surface area contributed by atoms with Crippen LogP contribution in [0.1, 0.15) is 13.8 Å². The van der Waals surface area contributed by atoms with Crippen LogP contribution in [0.25, 0.3) is 0 Å². The lowest BCUT2D eigenvalue weighted by molar-refractivity contribution is -0.152. The highest BCUT2D eigenvalue weighted by Gasteiger charge is 2.55. The number of fused-ring (bicyclic) bond motifs is 1. The fourth-order valence-electron chi connectivity index (χ4n) is 2.36. The minimum atomic E-state index is -1.82. The number of carbonyl (C=O) groups is 4. The van der Waals surface area contributed by atoms with Crippen molar-refractivity contribution in [3.63, 3.8) is 0 Å². The van der Waals surface area contributed by atoms with Gasteiger partial charge in [0.05, 0.1) is 0 Å². The van der Waals surface area contributed by atoms with E-state index in [0.29, 0.717) is 10.5 Å². The molecule has 2 rings (SSSR count). The summed E-state index contributed by atoms with van der Waals surface area (Å²) in [5, 5.41) is 1.90. The molecule has 2 amide bonds. The summed E-state index contributed by atoms with van der Waals surface area (Å²) in [6.07, 6.45) is 1.14. The molecule has 1 saturated heterocycles. The molecule has 8 nitrogen and oxygen atoms in total. The van der Waals surface area contributed by atoms with Crippen LogP contribution in [0.2, 0.25) is 0 Å². The zero-order valence-electron chi connectivity index (χ0n) is 13.5. The van der Waals surface area contributed by atoms with Crippen molar-refractivity contribution in [1.29, 1.82) is 0 Å². The number of hydrogen-bond acceptors (Lipinski definition) is 7. The standard InChI is InChI=1S/C14H13Cl3N2O6S/c1-6-8(3-24-5-20)26-12-9(18-7(2)21)11(22)19(12)10(6)13(23)25-4-14(15,16)17/h3,5,9,12H,4H2,1-2H3,(H,18,21)/b8-3-. The SMILES string of the molecule is CC(=O)NC1C(=O)N2C(C(=O)OCC(Cl)(Cl)Cl)=C(C)/C(=C/OC=O)SC12. The fourth-order valence-corrected chi connectivity index (χ4v) is 3.81. The Morgan fingerprint density at radius 3 is 2.58 bits per heavy atom. The van der Waals surface area contributed by atoms with Crippen molar-refractivity contribution in [1.82, 2.24) is 10.2 Å². The van der Waals surface area contributed by atoms with Crippen LogP contribution in [0.15, 0.2) is 22.4 Å². The van der Waals surface area contributed by atoms with Gasteiger partial charge in [-0.3, -0.25) is 19.3 Å². The zero-order chi connectivity index (χ0) is 19.6. The summed E-state index contributed by atoms with van der Waals surface area (Å²) in [6, 6.07) is -0.832. The second-order valence-corrected chi connectivity index (χ2v) is 8.95. The molecule has 2 unspecified atom stereocenters. The molecule has 0 aliphatic carbocycles. The van der Waals surface area contributed by atoms with Gasteiger partial charge in [-0.1, -0.05) is 46.6 Å².